The van der Waals surface area contributed by atoms with Crippen LogP contribution < -0.4 is 0 Å². The molecule has 10 atom stereocenters. The van der Waals surface area contributed by atoms with Gasteiger partial charge in [-0.05, 0) is 19.8 Å². The van der Waals surface area contributed by atoms with Gasteiger partial charge < -0.3 is 28.8 Å². The summed E-state index contributed by atoms with van der Waals surface area (Å²) in [7, 11) is 0. The molecule has 0 aromatic carbocycles. The van der Waals surface area contributed by atoms with E-state index in [1.807, 2.05) is 0 Å². The number of carbonyl (C=O) groups excluding carboxylic acids is 4. The molecule has 0 aromatic rings. The van der Waals surface area contributed by atoms with E-state index < -0.39 is 82.3 Å². The van der Waals surface area contributed by atoms with Crippen molar-refractivity contribution in [2.24, 2.45) is 17.3 Å². The predicted molar refractivity (Wildman–Crippen MR) is 128 cm³/mol. The van der Waals surface area contributed by atoms with Crippen LogP contribution >= 0.6 is 11.6 Å². The average Bonchev–Trinajstić information content (AvgIpc) is 3.03. The highest BCUT2D eigenvalue weighted by Gasteiger charge is 2.76. The van der Waals surface area contributed by atoms with Crippen molar-refractivity contribution in [3.8, 4) is 0 Å². The van der Waals surface area contributed by atoms with Crippen molar-refractivity contribution in [1.82, 2.24) is 0 Å². The predicted octanol–water partition coefficient (Wildman–Crippen LogP) is 2.34. The summed E-state index contributed by atoms with van der Waals surface area (Å²) in [6.45, 7) is 15.1. The number of halogens is 1. The molecule has 0 unspecified atom stereocenters. The van der Waals surface area contributed by atoms with Gasteiger partial charge in [0.1, 0.15) is 18.3 Å². The van der Waals surface area contributed by atoms with Gasteiger partial charge in [0.25, 0.3) is 0 Å². The number of ether oxygens (including phenoxy) is 5. The van der Waals surface area contributed by atoms with Crippen molar-refractivity contribution in [1.29, 1.82) is 0 Å². The maximum atomic E-state index is 13.0. The molecule has 204 valence electrons. The largest absolute Gasteiger partial charge is 0.462 e. The maximum Gasteiger partial charge on any atom is 0.312 e. The van der Waals surface area contributed by atoms with E-state index in [0.29, 0.717) is 18.4 Å². The lowest BCUT2D eigenvalue weighted by atomic mass is 9.53. The second kappa shape index (κ2) is 9.10. The number of carbonyl (C=O) groups is 4. The van der Waals surface area contributed by atoms with Gasteiger partial charge in [0, 0.05) is 38.7 Å². The molecule has 1 N–H and O–H groups in total. The summed E-state index contributed by atoms with van der Waals surface area (Å²) in [6, 6.07) is 0. The summed E-state index contributed by atoms with van der Waals surface area (Å²) in [5.41, 5.74) is -2.42. The van der Waals surface area contributed by atoms with Crippen LogP contribution in [0, 0.1) is 17.3 Å². The van der Waals surface area contributed by atoms with Crippen LogP contribution in [0.25, 0.3) is 0 Å². The van der Waals surface area contributed by atoms with Crippen LogP contribution in [0.1, 0.15) is 53.9 Å². The average molecular weight is 541 g/mol. The summed E-state index contributed by atoms with van der Waals surface area (Å²) < 4.78 is 29.5. The number of esters is 4. The number of hydrogen-bond donors (Lipinski definition) is 1. The number of alkyl halides is 1. The van der Waals surface area contributed by atoms with Crippen molar-refractivity contribution < 1.29 is 48.0 Å². The first-order valence-electron chi connectivity index (χ1n) is 12.2. The molecule has 4 fully saturated rings. The van der Waals surface area contributed by atoms with Crippen LogP contribution in [0.3, 0.4) is 0 Å². The van der Waals surface area contributed by atoms with Gasteiger partial charge in [-0.3, -0.25) is 19.2 Å². The van der Waals surface area contributed by atoms with Gasteiger partial charge in [-0.2, -0.15) is 0 Å². The van der Waals surface area contributed by atoms with Gasteiger partial charge in [0.15, 0.2) is 17.5 Å². The highest BCUT2D eigenvalue weighted by Crippen LogP contribution is 2.62. The normalized spacial score (nSPS) is 44.9. The third-order valence-electron chi connectivity index (χ3n) is 8.51. The molecule has 10 nitrogen and oxygen atoms in total. The Morgan fingerprint density at radius 2 is 1.62 bits per heavy atom. The number of aliphatic hydroxyl groups is 1. The third kappa shape index (κ3) is 3.99. The van der Waals surface area contributed by atoms with Crippen molar-refractivity contribution in [3.05, 3.63) is 24.3 Å². The van der Waals surface area contributed by atoms with E-state index in [-0.39, 0.29) is 12.0 Å². The second-order valence-electron chi connectivity index (χ2n) is 10.7. The van der Waals surface area contributed by atoms with Gasteiger partial charge in [-0.25, -0.2) is 0 Å². The molecule has 11 heteroatoms. The Hall–Kier alpha value is -2.43. The molecule has 37 heavy (non-hydrogen) atoms. The molecule has 0 amide bonds. The molecule has 3 heterocycles. The van der Waals surface area contributed by atoms with Crippen LogP contribution in [0.15, 0.2) is 24.3 Å². The molecule has 2 bridgehead atoms. The first-order chi connectivity index (χ1) is 17.1. The minimum atomic E-state index is -2.21. The fourth-order valence-corrected chi connectivity index (χ4v) is 7.20. The van der Waals surface area contributed by atoms with Crippen molar-refractivity contribution in [2.75, 3.05) is 0 Å². The minimum absolute atomic E-state index is 0.00357. The van der Waals surface area contributed by atoms with E-state index in [4.69, 9.17) is 35.3 Å². The van der Waals surface area contributed by atoms with Crippen LogP contribution in [0.2, 0.25) is 0 Å². The summed E-state index contributed by atoms with van der Waals surface area (Å²) >= 11 is 6.75. The van der Waals surface area contributed by atoms with E-state index in [1.54, 1.807) is 13.8 Å². The first-order valence-corrected chi connectivity index (χ1v) is 12.7. The Bertz CT molecular complexity index is 1070. The lowest BCUT2D eigenvalue weighted by Gasteiger charge is -2.62. The third-order valence-corrected chi connectivity index (χ3v) is 9.00. The molecule has 0 radical (unpaired) electrons. The molecule has 3 saturated heterocycles. The van der Waals surface area contributed by atoms with Gasteiger partial charge in [0.05, 0.1) is 16.7 Å². The summed E-state index contributed by atoms with van der Waals surface area (Å²) in [6.07, 6.45) is -4.01. The topological polar surface area (TPSA) is 135 Å². The lowest BCUT2D eigenvalue weighted by Crippen LogP contribution is -2.75. The zero-order valence-electron chi connectivity index (χ0n) is 21.6. The fraction of sp³-hybridized carbons (Fsp3) is 0.692. The zero-order valence-corrected chi connectivity index (χ0v) is 22.3. The minimum Gasteiger partial charge on any atom is -0.462 e. The lowest BCUT2D eigenvalue weighted by molar-refractivity contribution is -0.344. The molecular formula is C26H33ClO10. The molecule has 1 spiro atoms. The van der Waals surface area contributed by atoms with E-state index in [2.05, 4.69) is 13.2 Å². The Labute approximate surface area is 220 Å². The molecule has 4 aliphatic rings. The monoisotopic (exact) mass is 540 g/mol. The Morgan fingerprint density at radius 3 is 2.19 bits per heavy atom. The molecule has 0 aromatic heterocycles. The van der Waals surface area contributed by atoms with E-state index in [1.165, 1.54) is 20.8 Å². The molecule has 3 aliphatic heterocycles. The summed E-state index contributed by atoms with van der Waals surface area (Å²) in [5.74, 6) is -6.65. The highest BCUT2D eigenvalue weighted by molar-refractivity contribution is 6.23. The summed E-state index contributed by atoms with van der Waals surface area (Å²) in [5, 5.41) is 10.8. The maximum absolute atomic E-state index is 13.0. The highest BCUT2D eigenvalue weighted by atomic mass is 35.5. The van der Waals surface area contributed by atoms with Gasteiger partial charge in [-0.15, -0.1) is 11.6 Å². The van der Waals surface area contributed by atoms with Crippen molar-refractivity contribution in [3.63, 3.8) is 0 Å². The van der Waals surface area contributed by atoms with Crippen LogP contribution in [-0.4, -0.2) is 70.2 Å². The number of fused-ring (bicyclic) bond motifs is 2. The molecule has 4 rings (SSSR count). The molecule has 1 aliphatic carbocycles. The van der Waals surface area contributed by atoms with Crippen molar-refractivity contribution >= 4 is 35.5 Å². The zero-order chi connectivity index (χ0) is 27.7. The summed E-state index contributed by atoms with van der Waals surface area (Å²) in [4.78, 5) is 50.0. The first kappa shape index (κ1) is 27.6. The number of hydrogen-bond acceptors (Lipinski definition) is 10. The van der Waals surface area contributed by atoms with E-state index in [9.17, 15) is 24.3 Å². The van der Waals surface area contributed by atoms with Gasteiger partial charge in [0.2, 0.25) is 0 Å². The SMILES string of the molecule is C=C1CC[C@H](OC(C)=O)[C@@]2(C)[C@H]1[C@H](OC(C)=O)[C@@]13O[C@](O)(C[C@H]2OC(C)=O)C(=C)[C@H](Cl)[C@@H]1OC(=O)[C@@H]3C. The van der Waals surface area contributed by atoms with E-state index >= 15 is 0 Å². The number of rotatable bonds is 3. The van der Waals surface area contributed by atoms with Crippen molar-refractivity contribution in [2.45, 2.75) is 95.1 Å². The van der Waals surface area contributed by atoms with Gasteiger partial charge in [-0.1, -0.05) is 25.7 Å². The Morgan fingerprint density at radius 1 is 1.05 bits per heavy atom. The Balaban J connectivity index is 2.06. The standard InChI is InChI=1S/C26H33ClO10/c1-11-8-9-17(33-14(4)28)24(7)18(34-15(5)29)10-25(32)12(2)20(27)22-26(37-25,13(3)23(31)36-22)21(19(11)24)35-16(6)30/h13,17-22,32H,1-2,8-10H2,3-7H3/t13-,17-,18+,19+,20-,21-,22-,24+,25+,26+/m0/s1. The molecular weight excluding hydrogens is 508 g/mol. The van der Waals surface area contributed by atoms with E-state index in [0.717, 1.165) is 0 Å². The quantitative estimate of drug-likeness (QED) is 0.246. The molecule has 1 saturated carbocycles. The van der Waals surface area contributed by atoms with Crippen LogP contribution in [0.5, 0.6) is 0 Å². The smallest absolute Gasteiger partial charge is 0.312 e. The van der Waals surface area contributed by atoms with Crippen LogP contribution in [0.4, 0.5) is 0 Å². The van der Waals surface area contributed by atoms with Crippen LogP contribution in [-0.2, 0) is 42.9 Å². The second-order valence-corrected chi connectivity index (χ2v) is 11.2. The fourth-order valence-electron chi connectivity index (χ4n) is 6.78. The van der Waals surface area contributed by atoms with Gasteiger partial charge >= 0.3 is 23.9 Å². The Kier molecular flexibility index (Phi) is 6.79.